The van der Waals surface area contributed by atoms with Gasteiger partial charge in [0.2, 0.25) is 5.91 Å². The van der Waals surface area contributed by atoms with Gasteiger partial charge in [-0.25, -0.2) is 0 Å². The molecular weight excluding hydrogens is 272 g/mol. The van der Waals surface area contributed by atoms with Gasteiger partial charge in [-0.1, -0.05) is 20.4 Å². The van der Waals surface area contributed by atoms with Crippen molar-refractivity contribution in [3.8, 4) is 0 Å². The highest BCUT2D eigenvalue weighted by Crippen LogP contribution is 2.23. The Morgan fingerprint density at radius 2 is 1.71 bits per heavy atom. The van der Waals surface area contributed by atoms with Gasteiger partial charge in [-0.3, -0.25) is 14.4 Å². The number of hydrogen-bond acceptors (Lipinski definition) is 4. The van der Waals surface area contributed by atoms with Gasteiger partial charge in [0.1, 0.15) is 5.76 Å². The van der Waals surface area contributed by atoms with E-state index in [2.05, 4.69) is 11.9 Å². The molecule has 6 nitrogen and oxygen atoms in total. The molecule has 0 radical (unpaired) electrons. The molecule has 0 saturated carbocycles. The smallest absolute Gasteiger partial charge is 0.263 e. The minimum absolute atomic E-state index is 0.0297. The first-order valence-electron chi connectivity index (χ1n) is 7.25. The Hall–Kier alpha value is -1.85. The molecule has 0 bridgehead atoms. The standard InChI is InChI=1S/C15H24N2O4/c1-9(2)16-15(20)11(4)8-10(3)12(5)21-17-13(18)6-7-14(17)19/h9-11H,5-8H2,1-4H3,(H,16,20). The number of nitrogens with zero attached hydrogens (tertiary/aromatic N) is 1. The van der Waals surface area contributed by atoms with Crippen molar-refractivity contribution < 1.29 is 19.2 Å². The summed E-state index contributed by atoms with van der Waals surface area (Å²) in [6.45, 7) is 11.2. The largest absolute Gasteiger partial charge is 0.374 e. The van der Waals surface area contributed by atoms with Gasteiger partial charge >= 0.3 is 0 Å². The van der Waals surface area contributed by atoms with Crippen molar-refractivity contribution in [2.75, 3.05) is 0 Å². The molecule has 2 unspecified atom stereocenters. The van der Waals surface area contributed by atoms with Crippen LogP contribution in [-0.2, 0) is 19.2 Å². The van der Waals surface area contributed by atoms with Gasteiger partial charge < -0.3 is 10.2 Å². The number of nitrogens with one attached hydrogen (secondary N) is 1. The number of hydrogen-bond donors (Lipinski definition) is 1. The number of hydroxylamine groups is 2. The average molecular weight is 296 g/mol. The van der Waals surface area contributed by atoms with Crippen molar-refractivity contribution in [1.82, 2.24) is 10.4 Å². The highest BCUT2D eigenvalue weighted by molar-refractivity contribution is 6.00. The lowest BCUT2D eigenvalue weighted by molar-refractivity contribution is -0.178. The zero-order valence-corrected chi connectivity index (χ0v) is 13.1. The Kier molecular flexibility index (Phi) is 5.93. The molecule has 1 rings (SSSR count). The van der Waals surface area contributed by atoms with Gasteiger partial charge in [-0.05, 0) is 20.3 Å². The van der Waals surface area contributed by atoms with Gasteiger partial charge in [0, 0.05) is 30.7 Å². The van der Waals surface area contributed by atoms with E-state index in [0.29, 0.717) is 12.2 Å². The average Bonchev–Trinajstić information content (AvgIpc) is 2.69. The Morgan fingerprint density at radius 3 is 2.19 bits per heavy atom. The summed E-state index contributed by atoms with van der Waals surface area (Å²) in [6, 6.07) is 0.0922. The van der Waals surface area contributed by atoms with Crippen LogP contribution >= 0.6 is 0 Å². The summed E-state index contributed by atoms with van der Waals surface area (Å²) in [4.78, 5) is 40.1. The van der Waals surface area contributed by atoms with E-state index in [9.17, 15) is 14.4 Å². The summed E-state index contributed by atoms with van der Waals surface area (Å²) in [6.07, 6.45) is 0.884. The van der Waals surface area contributed by atoms with E-state index in [4.69, 9.17) is 4.84 Å². The Labute approximate surface area is 125 Å². The number of rotatable bonds is 7. The second kappa shape index (κ2) is 7.24. The van der Waals surface area contributed by atoms with Gasteiger partial charge in [0.25, 0.3) is 11.8 Å². The van der Waals surface area contributed by atoms with Crippen molar-refractivity contribution in [2.24, 2.45) is 11.8 Å². The third kappa shape index (κ3) is 4.88. The maximum atomic E-state index is 11.9. The zero-order valence-electron chi connectivity index (χ0n) is 13.1. The van der Waals surface area contributed by atoms with Crippen molar-refractivity contribution in [1.29, 1.82) is 0 Å². The molecule has 1 saturated heterocycles. The first-order chi connectivity index (χ1) is 9.72. The minimum Gasteiger partial charge on any atom is -0.374 e. The monoisotopic (exact) mass is 296 g/mol. The summed E-state index contributed by atoms with van der Waals surface area (Å²) in [7, 11) is 0. The van der Waals surface area contributed by atoms with Crippen LogP contribution in [0.15, 0.2) is 12.3 Å². The summed E-state index contributed by atoms with van der Waals surface area (Å²) in [5, 5.41) is 3.62. The fourth-order valence-electron chi connectivity index (χ4n) is 2.06. The zero-order chi connectivity index (χ0) is 16.2. The van der Waals surface area contributed by atoms with Crippen molar-refractivity contribution >= 4 is 17.7 Å². The molecule has 1 aliphatic heterocycles. The van der Waals surface area contributed by atoms with Crippen LogP contribution in [0.1, 0.15) is 47.0 Å². The third-order valence-corrected chi connectivity index (χ3v) is 3.35. The van der Waals surface area contributed by atoms with E-state index in [1.165, 1.54) is 0 Å². The summed E-state index contributed by atoms with van der Waals surface area (Å²) < 4.78 is 0. The minimum atomic E-state index is -0.348. The van der Waals surface area contributed by atoms with Gasteiger partial charge in [0.05, 0.1) is 0 Å². The number of imide groups is 1. The molecule has 0 aliphatic carbocycles. The van der Waals surface area contributed by atoms with Crippen LogP contribution < -0.4 is 5.32 Å². The van der Waals surface area contributed by atoms with E-state index in [1.807, 2.05) is 27.7 Å². The summed E-state index contributed by atoms with van der Waals surface area (Å²) in [5.74, 6) is -0.745. The lowest BCUT2D eigenvalue weighted by atomic mass is 9.95. The van der Waals surface area contributed by atoms with Crippen LogP contribution in [0, 0.1) is 11.8 Å². The predicted octanol–water partition coefficient (Wildman–Crippen LogP) is 1.77. The van der Waals surface area contributed by atoms with E-state index >= 15 is 0 Å². The lowest BCUT2D eigenvalue weighted by Gasteiger charge is -2.22. The number of amides is 3. The van der Waals surface area contributed by atoms with Crippen LogP contribution in [0.25, 0.3) is 0 Å². The normalized spacial score (nSPS) is 17.9. The fourth-order valence-corrected chi connectivity index (χ4v) is 2.06. The van der Waals surface area contributed by atoms with Crippen molar-refractivity contribution in [2.45, 2.75) is 53.0 Å². The SMILES string of the molecule is C=C(ON1C(=O)CCC1=O)C(C)CC(C)C(=O)NC(C)C. The molecule has 0 aromatic heterocycles. The maximum Gasteiger partial charge on any atom is 0.263 e. The van der Waals surface area contributed by atoms with Gasteiger partial charge in [0.15, 0.2) is 0 Å². The molecule has 1 aliphatic rings. The number of carbonyl (C=O) groups is 3. The van der Waals surface area contributed by atoms with Gasteiger partial charge in [-0.15, -0.1) is 5.06 Å². The Balaban J connectivity index is 2.49. The van der Waals surface area contributed by atoms with E-state index < -0.39 is 0 Å². The quantitative estimate of drug-likeness (QED) is 0.574. The summed E-state index contributed by atoms with van der Waals surface area (Å²) in [5.41, 5.74) is 0. The van der Waals surface area contributed by atoms with E-state index in [-0.39, 0.29) is 48.4 Å². The second-order valence-electron chi connectivity index (χ2n) is 5.84. The van der Waals surface area contributed by atoms with E-state index in [0.717, 1.165) is 5.06 Å². The van der Waals surface area contributed by atoms with E-state index in [1.54, 1.807) is 0 Å². The first kappa shape index (κ1) is 17.2. The van der Waals surface area contributed by atoms with Crippen LogP contribution in [0.4, 0.5) is 0 Å². The fraction of sp³-hybridized carbons (Fsp3) is 0.667. The number of carbonyl (C=O) groups excluding carboxylic acids is 3. The molecule has 0 aromatic carbocycles. The highest BCUT2D eigenvalue weighted by Gasteiger charge is 2.32. The van der Waals surface area contributed by atoms with Crippen molar-refractivity contribution in [3.05, 3.63) is 12.3 Å². The molecule has 6 heteroatoms. The molecule has 21 heavy (non-hydrogen) atoms. The molecular formula is C15H24N2O4. The van der Waals surface area contributed by atoms with Crippen LogP contribution in [0.2, 0.25) is 0 Å². The summed E-state index contributed by atoms with van der Waals surface area (Å²) >= 11 is 0. The predicted molar refractivity (Wildman–Crippen MR) is 77.5 cm³/mol. The molecule has 0 spiro atoms. The molecule has 1 N–H and O–H groups in total. The Bertz CT molecular complexity index is 429. The molecule has 2 atom stereocenters. The van der Waals surface area contributed by atoms with Crippen molar-refractivity contribution in [3.63, 3.8) is 0 Å². The number of allylic oxidation sites excluding steroid dienone is 1. The second-order valence-corrected chi connectivity index (χ2v) is 5.84. The van der Waals surface area contributed by atoms with Crippen LogP contribution in [0.3, 0.4) is 0 Å². The van der Waals surface area contributed by atoms with Crippen LogP contribution in [0.5, 0.6) is 0 Å². The molecule has 0 aromatic rings. The molecule has 118 valence electrons. The highest BCUT2D eigenvalue weighted by atomic mass is 16.7. The maximum absolute atomic E-state index is 11.9. The Morgan fingerprint density at radius 1 is 1.19 bits per heavy atom. The lowest BCUT2D eigenvalue weighted by Crippen LogP contribution is -2.35. The van der Waals surface area contributed by atoms with Gasteiger partial charge in [-0.2, -0.15) is 0 Å². The molecule has 3 amide bonds. The first-order valence-corrected chi connectivity index (χ1v) is 7.25. The topological polar surface area (TPSA) is 75.7 Å². The third-order valence-electron chi connectivity index (χ3n) is 3.35. The molecule has 1 fully saturated rings. The molecule has 1 heterocycles. The van der Waals surface area contributed by atoms with Crippen LogP contribution in [-0.4, -0.2) is 28.8 Å².